The average Bonchev–Trinajstić information content (AvgIpc) is 3.05. The Morgan fingerprint density at radius 3 is 2.56 bits per heavy atom. The van der Waals surface area contributed by atoms with E-state index in [0.717, 1.165) is 24.1 Å². The first-order chi connectivity index (χ1) is 13.0. The van der Waals surface area contributed by atoms with Crippen LogP contribution < -0.4 is 16.4 Å². The monoisotopic (exact) mass is 366 g/mol. The third-order valence-electron chi connectivity index (χ3n) is 4.48. The van der Waals surface area contributed by atoms with E-state index in [0.29, 0.717) is 30.8 Å². The first-order valence-corrected chi connectivity index (χ1v) is 8.82. The van der Waals surface area contributed by atoms with Crippen LogP contribution >= 0.6 is 0 Å². The zero-order chi connectivity index (χ0) is 19.2. The Hall–Kier alpha value is -3.35. The second kappa shape index (κ2) is 8.35. The van der Waals surface area contributed by atoms with Crippen LogP contribution in [0.3, 0.4) is 0 Å². The number of nitrogens with zero attached hydrogens (tertiary/aromatic N) is 1. The molecule has 2 aromatic carbocycles. The molecule has 4 amide bonds. The van der Waals surface area contributed by atoms with Crippen LogP contribution in [-0.4, -0.2) is 29.3 Å². The van der Waals surface area contributed by atoms with E-state index in [-0.39, 0.29) is 11.8 Å². The quantitative estimate of drug-likeness (QED) is 0.730. The largest absolute Gasteiger partial charge is 0.351 e. The van der Waals surface area contributed by atoms with Crippen molar-refractivity contribution in [2.75, 3.05) is 11.9 Å². The van der Waals surface area contributed by atoms with E-state index in [1.807, 2.05) is 29.2 Å². The molecule has 0 atom stereocenters. The molecule has 1 fully saturated rings. The van der Waals surface area contributed by atoms with Crippen LogP contribution in [0.15, 0.2) is 48.5 Å². The number of nitrogens with two attached hydrogens (primary N) is 1. The van der Waals surface area contributed by atoms with Crippen molar-refractivity contribution in [2.24, 2.45) is 5.73 Å². The molecule has 7 nitrogen and oxygen atoms in total. The molecule has 4 N–H and O–H groups in total. The molecule has 7 heteroatoms. The Morgan fingerprint density at radius 2 is 1.85 bits per heavy atom. The third-order valence-corrected chi connectivity index (χ3v) is 4.48. The molecular formula is C20H22N4O3. The van der Waals surface area contributed by atoms with E-state index in [2.05, 4.69) is 10.6 Å². The summed E-state index contributed by atoms with van der Waals surface area (Å²) in [7, 11) is 0. The Morgan fingerprint density at radius 1 is 1.07 bits per heavy atom. The number of urea groups is 1. The minimum absolute atomic E-state index is 0.174. The number of anilines is 1. The molecule has 0 saturated carbocycles. The van der Waals surface area contributed by atoms with Crippen LogP contribution in [0.4, 0.5) is 10.5 Å². The van der Waals surface area contributed by atoms with Gasteiger partial charge < -0.3 is 21.3 Å². The molecule has 0 radical (unpaired) electrons. The number of rotatable bonds is 6. The summed E-state index contributed by atoms with van der Waals surface area (Å²) < 4.78 is 0. The number of hydrogen-bond donors (Lipinski definition) is 3. The van der Waals surface area contributed by atoms with Gasteiger partial charge in [-0.3, -0.25) is 9.59 Å². The zero-order valence-corrected chi connectivity index (χ0v) is 14.9. The van der Waals surface area contributed by atoms with E-state index < -0.39 is 6.03 Å². The van der Waals surface area contributed by atoms with Crippen molar-refractivity contribution in [1.82, 2.24) is 10.2 Å². The van der Waals surface area contributed by atoms with E-state index in [4.69, 9.17) is 5.73 Å². The number of benzene rings is 2. The zero-order valence-electron chi connectivity index (χ0n) is 14.9. The Bertz CT molecular complexity index is 866. The van der Waals surface area contributed by atoms with Gasteiger partial charge in [0.05, 0.1) is 0 Å². The van der Waals surface area contributed by atoms with Crippen LogP contribution in [-0.2, 0) is 17.9 Å². The summed E-state index contributed by atoms with van der Waals surface area (Å²) in [4.78, 5) is 37.1. The number of nitrogens with one attached hydrogen (secondary N) is 2. The Kier molecular flexibility index (Phi) is 5.71. The minimum Gasteiger partial charge on any atom is -0.351 e. The summed E-state index contributed by atoms with van der Waals surface area (Å²) in [6.45, 7) is 1.69. The maximum atomic E-state index is 12.4. The summed E-state index contributed by atoms with van der Waals surface area (Å²) in [5.74, 6) is -0.0808. The van der Waals surface area contributed by atoms with Crippen molar-refractivity contribution in [3.8, 4) is 0 Å². The molecule has 0 spiro atoms. The van der Waals surface area contributed by atoms with Crippen LogP contribution in [0.5, 0.6) is 0 Å². The molecule has 1 heterocycles. The smallest absolute Gasteiger partial charge is 0.316 e. The highest BCUT2D eigenvalue weighted by Crippen LogP contribution is 2.17. The Labute approximate surface area is 157 Å². The van der Waals surface area contributed by atoms with Gasteiger partial charge in [0.15, 0.2) is 0 Å². The molecule has 140 valence electrons. The molecule has 1 aliphatic rings. The Balaban J connectivity index is 1.65. The second-order valence-electron chi connectivity index (χ2n) is 6.44. The first kappa shape index (κ1) is 18.4. The van der Waals surface area contributed by atoms with Crippen LogP contribution in [0.1, 0.15) is 34.3 Å². The van der Waals surface area contributed by atoms with Gasteiger partial charge >= 0.3 is 6.03 Å². The minimum atomic E-state index is -0.682. The number of likely N-dealkylation sites (tertiary alicyclic amines) is 1. The van der Waals surface area contributed by atoms with Gasteiger partial charge in [0.2, 0.25) is 5.91 Å². The highest BCUT2D eigenvalue weighted by molar-refractivity contribution is 5.96. The molecule has 1 aliphatic heterocycles. The van der Waals surface area contributed by atoms with Gasteiger partial charge in [-0.2, -0.15) is 0 Å². The number of carbonyl (C=O) groups is 3. The van der Waals surface area contributed by atoms with E-state index in [1.54, 1.807) is 24.3 Å². The lowest BCUT2D eigenvalue weighted by Gasteiger charge is -2.18. The molecular weight excluding hydrogens is 344 g/mol. The van der Waals surface area contributed by atoms with Crippen molar-refractivity contribution in [1.29, 1.82) is 0 Å². The van der Waals surface area contributed by atoms with E-state index in [9.17, 15) is 14.4 Å². The third kappa shape index (κ3) is 4.84. The highest BCUT2D eigenvalue weighted by atomic mass is 16.2. The molecule has 0 bridgehead atoms. The molecule has 0 unspecified atom stereocenters. The van der Waals surface area contributed by atoms with Crippen LogP contribution in [0, 0.1) is 0 Å². The summed E-state index contributed by atoms with van der Waals surface area (Å²) in [5, 5.41) is 5.33. The SMILES string of the molecule is NC(=O)Nc1cccc(C(=O)NCc2ccccc2CN2CCCC2=O)c1. The van der Waals surface area contributed by atoms with Crippen LogP contribution in [0.25, 0.3) is 0 Å². The van der Waals surface area contributed by atoms with Crippen molar-refractivity contribution >= 4 is 23.5 Å². The van der Waals surface area contributed by atoms with Crippen molar-refractivity contribution < 1.29 is 14.4 Å². The summed E-state index contributed by atoms with van der Waals surface area (Å²) in [5.41, 5.74) is 7.98. The predicted octanol–water partition coefficient (Wildman–Crippen LogP) is 2.23. The lowest BCUT2D eigenvalue weighted by molar-refractivity contribution is -0.128. The second-order valence-corrected chi connectivity index (χ2v) is 6.44. The number of primary amides is 1. The number of carbonyl (C=O) groups excluding carboxylic acids is 3. The fraction of sp³-hybridized carbons (Fsp3) is 0.250. The molecule has 1 saturated heterocycles. The van der Waals surface area contributed by atoms with Crippen molar-refractivity contribution in [3.05, 3.63) is 65.2 Å². The average molecular weight is 366 g/mol. The van der Waals surface area contributed by atoms with Gasteiger partial charge in [0, 0.05) is 37.3 Å². The molecule has 0 aromatic heterocycles. The summed E-state index contributed by atoms with van der Waals surface area (Å²) in [6.07, 6.45) is 1.50. The lowest BCUT2D eigenvalue weighted by atomic mass is 10.1. The lowest BCUT2D eigenvalue weighted by Crippen LogP contribution is -2.27. The maximum Gasteiger partial charge on any atom is 0.316 e. The number of amides is 4. The van der Waals surface area contributed by atoms with Gasteiger partial charge in [0.25, 0.3) is 5.91 Å². The van der Waals surface area contributed by atoms with E-state index in [1.165, 1.54) is 0 Å². The topological polar surface area (TPSA) is 105 Å². The van der Waals surface area contributed by atoms with Gasteiger partial charge in [-0.15, -0.1) is 0 Å². The standard InChI is InChI=1S/C20H22N4O3/c21-20(27)23-17-8-3-7-14(11-17)19(26)22-12-15-5-1-2-6-16(15)13-24-10-4-9-18(24)25/h1-3,5-8,11H,4,9-10,12-13H2,(H,22,26)(H3,21,23,27). The summed E-state index contributed by atoms with van der Waals surface area (Å²) in [6, 6.07) is 13.6. The van der Waals surface area contributed by atoms with Crippen molar-refractivity contribution in [2.45, 2.75) is 25.9 Å². The highest BCUT2D eigenvalue weighted by Gasteiger charge is 2.21. The fourth-order valence-corrected chi connectivity index (χ4v) is 3.12. The van der Waals surface area contributed by atoms with Crippen LogP contribution in [0.2, 0.25) is 0 Å². The maximum absolute atomic E-state index is 12.4. The van der Waals surface area contributed by atoms with Gasteiger partial charge in [0.1, 0.15) is 0 Å². The molecule has 3 rings (SSSR count). The predicted molar refractivity (Wildman–Crippen MR) is 102 cm³/mol. The van der Waals surface area contributed by atoms with E-state index >= 15 is 0 Å². The summed E-state index contributed by atoms with van der Waals surface area (Å²) >= 11 is 0. The first-order valence-electron chi connectivity index (χ1n) is 8.82. The van der Waals surface area contributed by atoms with Gasteiger partial charge in [-0.05, 0) is 35.7 Å². The van der Waals surface area contributed by atoms with Gasteiger partial charge in [-0.25, -0.2) is 4.79 Å². The molecule has 2 aromatic rings. The number of hydrogen-bond acceptors (Lipinski definition) is 3. The van der Waals surface area contributed by atoms with Crippen molar-refractivity contribution in [3.63, 3.8) is 0 Å². The molecule has 27 heavy (non-hydrogen) atoms. The van der Waals surface area contributed by atoms with Gasteiger partial charge in [-0.1, -0.05) is 30.3 Å². The molecule has 0 aliphatic carbocycles. The normalized spacial score (nSPS) is 13.5. The fourth-order valence-electron chi connectivity index (χ4n) is 3.12.